The average molecular weight is 278 g/mol. The molecule has 98 valence electrons. The molecule has 6 nitrogen and oxygen atoms in total. The van der Waals surface area contributed by atoms with Gasteiger partial charge in [-0.2, -0.15) is 8.42 Å². The molecule has 0 aliphatic carbocycles. The van der Waals surface area contributed by atoms with E-state index in [9.17, 15) is 13.2 Å². The maximum absolute atomic E-state index is 11.7. The number of aromatic nitrogens is 2. The van der Waals surface area contributed by atoms with Gasteiger partial charge in [0.2, 0.25) is 5.43 Å². The molecule has 0 unspecified atom stereocenters. The van der Waals surface area contributed by atoms with Gasteiger partial charge in [0, 0.05) is 28.7 Å². The quantitative estimate of drug-likeness (QED) is 0.588. The fourth-order valence-corrected chi connectivity index (χ4v) is 2.80. The van der Waals surface area contributed by atoms with Gasteiger partial charge in [0.1, 0.15) is 4.90 Å². The Balaban J connectivity index is 2.56. The standard InChI is InChI=1S/C12H10N2O4S/c1-6-12-7(2-3-13-6)8-4-11(19(16,17)18)10(15)5-9(8)14-12/h2-5,13-14H,1H3,(H,16,17,18). The molecule has 0 saturated heterocycles. The van der Waals surface area contributed by atoms with E-state index in [4.69, 9.17) is 4.55 Å². The van der Waals surface area contributed by atoms with Gasteiger partial charge in [-0.25, -0.2) is 0 Å². The molecule has 19 heavy (non-hydrogen) atoms. The molecule has 7 heteroatoms. The summed E-state index contributed by atoms with van der Waals surface area (Å²) in [6, 6.07) is 4.16. The van der Waals surface area contributed by atoms with E-state index in [-0.39, 0.29) is 0 Å². The van der Waals surface area contributed by atoms with Crippen molar-refractivity contribution in [2.75, 3.05) is 0 Å². The van der Waals surface area contributed by atoms with Crippen molar-refractivity contribution in [3.63, 3.8) is 0 Å². The van der Waals surface area contributed by atoms with Crippen LogP contribution in [0.25, 0.3) is 21.8 Å². The molecule has 0 fully saturated rings. The molecule has 2 aromatic heterocycles. The summed E-state index contributed by atoms with van der Waals surface area (Å²) in [4.78, 5) is 17.1. The van der Waals surface area contributed by atoms with Gasteiger partial charge >= 0.3 is 0 Å². The molecule has 3 aromatic rings. The maximum atomic E-state index is 11.7. The number of benzene rings is 1. The number of nitrogens with one attached hydrogen (secondary N) is 2. The molecule has 0 amide bonds. The lowest BCUT2D eigenvalue weighted by Crippen LogP contribution is -2.12. The second kappa shape index (κ2) is 3.69. The Bertz CT molecular complexity index is 966. The SMILES string of the molecule is Cc1[nH]ccc2c1[nH]c1cc(=O)c(S(=O)(=O)O)cc12. The van der Waals surface area contributed by atoms with Crippen LogP contribution in [0.5, 0.6) is 0 Å². The van der Waals surface area contributed by atoms with Crippen molar-refractivity contribution in [1.29, 1.82) is 0 Å². The van der Waals surface area contributed by atoms with Gasteiger partial charge in [-0.1, -0.05) is 0 Å². The Morgan fingerprint density at radius 2 is 1.95 bits per heavy atom. The van der Waals surface area contributed by atoms with Gasteiger partial charge in [-0.3, -0.25) is 9.35 Å². The van der Waals surface area contributed by atoms with Crippen molar-refractivity contribution in [3.05, 3.63) is 40.3 Å². The smallest absolute Gasteiger partial charge is 0.298 e. The lowest BCUT2D eigenvalue weighted by molar-refractivity contribution is 0.482. The van der Waals surface area contributed by atoms with Crippen LogP contribution in [0.1, 0.15) is 5.69 Å². The molecule has 2 heterocycles. The van der Waals surface area contributed by atoms with E-state index in [0.717, 1.165) is 16.6 Å². The van der Waals surface area contributed by atoms with E-state index in [0.29, 0.717) is 10.9 Å². The molecule has 3 rings (SSSR count). The van der Waals surface area contributed by atoms with Crippen molar-refractivity contribution < 1.29 is 13.0 Å². The molecule has 0 radical (unpaired) electrons. The second-order valence-corrected chi connectivity index (χ2v) is 5.73. The topological polar surface area (TPSA) is 103 Å². The Hall–Kier alpha value is -2.12. The summed E-state index contributed by atoms with van der Waals surface area (Å²) < 4.78 is 31.4. The average Bonchev–Trinajstić information content (AvgIpc) is 2.66. The predicted molar refractivity (Wildman–Crippen MR) is 71.0 cm³/mol. The Morgan fingerprint density at radius 1 is 1.21 bits per heavy atom. The normalized spacial score (nSPS) is 12.3. The van der Waals surface area contributed by atoms with Crippen LogP contribution in [0.15, 0.2) is 34.1 Å². The lowest BCUT2D eigenvalue weighted by atomic mass is 10.2. The monoisotopic (exact) mass is 278 g/mol. The number of hydrogen-bond donors (Lipinski definition) is 3. The summed E-state index contributed by atoms with van der Waals surface area (Å²) in [6.07, 6.45) is 1.73. The van der Waals surface area contributed by atoms with Gasteiger partial charge in [0.05, 0.1) is 11.0 Å². The number of pyridine rings is 1. The summed E-state index contributed by atoms with van der Waals surface area (Å²) in [5.74, 6) is 0. The molecule has 1 aromatic carbocycles. The third-order valence-corrected chi connectivity index (χ3v) is 3.98. The van der Waals surface area contributed by atoms with Crippen LogP contribution in [0, 0.1) is 6.92 Å². The first-order chi connectivity index (χ1) is 8.88. The van der Waals surface area contributed by atoms with Crippen molar-refractivity contribution in [3.8, 4) is 0 Å². The molecular weight excluding hydrogens is 268 g/mol. The van der Waals surface area contributed by atoms with Crippen LogP contribution < -0.4 is 5.43 Å². The van der Waals surface area contributed by atoms with Crippen LogP contribution in [-0.2, 0) is 10.1 Å². The molecule has 0 aliphatic heterocycles. The highest BCUT2D eigenvalue weighted by Crippen LogP contribution is 2.26. The summed E-state index contributed by atoms with van der Waals surface area (Å²) in [7, 11) is -4.52. The number of H-pyrrole nitrogens is 2. The highest BCUT2D eigenvalue weighted by Gasteiger charge is 2.17. The van der Waals surface area contributed by atoms with Crippen LogP contribution >= 0.6 is 0 Å². The van der Waals surface area contributed by atoms with E-state index in [2.05, 4.69) is 9.97 Å². The molecule has 0 spiro atoms. The van der Waals surface area contributed by atoms with Crippen LogP contribution in [0.2, 0.25) is 0 Å². The molecule has 0 atom stereocenters. The zero-order valence-corrected chi connectivity index (χ0v) is 10.7. The van der Waals surface area contributed by atoms with Crippen LogP contribution in [0.3, 0.4) is 0 Å². The minimum absolute atomic E-state index is 0.537. The first kappa shape index (κ1) is 11.9. The van der Waals surface area contributed by atoms with Gasteiger partial charge in [-0.05, 0) is 19.1 Å². The van der Waals surface area contributed by atoms with E-state index in [1.54, 1.807) is 12.3 Å². The predicted octanol–water partition coefficient (Wildman–Crippen LogP) is 1.56. The largest absolute Gasteiger partial charge is 0.364 e. The molecule has 0 aliphatic rings. The highest BCUT2D eigenvalue weighted by atomic mass is 32.2. The molecule has 0 saturated carbocycles. The first-order valence-corrected chi connectivity index (χ1v) is 6.93. The van der Waals surface area contributed by atoms with Gasteiger partial charge in [0.15, 0.2) is 0 Å². The number of fused-ring (bicyclic) bond motifs is 3. The minimum atomic E-state index is -4.52. The Labute approximate surface area is 107 Å². The molecular formula is C12H10N2O4S. The fourth-order valence-electron chi connectivity index (χ4n) is 2.22. The van der Waals surface area contributed by atoms with Crippen molar-refractivity contribution in [1.82, 2.24) is 9.97 Å². The molecule has 3 N–H and O–H groups in total. The van der Waals surface area contributed by atoms with Gasteiger partial charge in [-0.15, -0.1) is 0 Å². The number of aryl methyl sites for hydroxylation is 1. The van der Waals surface area contributed by atoms with Gasteiger partial charge < -0.3 is 9.97 Å². The van der Waals surface area contributed by atoms with E-state index >= 15 is 0 Å². The van der Waals surface area contributed by atoms with Crippen molar-refractivity contribution in [2.24, 2.45) is 0 Å². The Morgan fingerprint density at radius 3 is 2.63 bits per heavy atom. The number of rotatable bonds is 1. The summed E-state index contributed by atoms with van der Waals surface area (Å²) in [5.41, 5.74) is 1.47. The van der Waals surface area contributed by atoms with E-state index in [1.807, 2.05) is 6.92 Å². The first-order valence-electron chi connectivity index (χ1n) is 5.49. The Kier molecular flexibility index (Phi) is 2.32. The van der Waals surface area contributed by atoms with Crippen LogP contribution in [0.4, 0.5) is 0 Å². The lowest BCUT2D eigenvalue weighted by Gasteiger charge is -1.97. The van der Waals surface area contributed by atoms with E-state index in [1.165, 1.54) is 12.1 Å². The number of aromatic amines is 2. The van der Waals surface area contributed by atoms with Crippen LogP contribution in [-0.4, -0.2) is 22.9 Å². The maximum Gasteiger partial charge on any atom is 0.298 e. The minimum Gasteiger partial charge on any atom is -0.364 e. The summed E-state index contributed by atoms with van der Waals surface area (Å²) in [5, 5.41) is 1.37. The molecule has 0 bridgehead atoms. The third-order valence-electron chi connectivity index (χ3n) is 3.11. The summed E-state index contributed by atoms with van der Waals surface area (Å²) >= 11 is 0. The zero-order valence-electron chi connectivity index (χ0n) is 9.89. The highest BCUT2D eigenvalue weighted by molar-refractivity contribution is 7.85. The number of hydrogen-bond acceptors (Lipinski definition) is 3. The van der Waals surface area contributed by atoms with E-state index < -0.39 is 20.4 Å². The summed E-state index contributed by atoms with van der Waals surface area (Å²) in [6.45, 7) is 1.86. The van der Waals surface area contributed by atoms with Crippen molar-refractivity contribution in [2.45, 2.75) is 11.8 Å². The second-order valence-electron chi connectivity index (χ2n) is 4.34. The van der Waals surface area contributed by atoms with Crippen molar-refractivity contribution >= 4 is 31.9 Å². The zero-order chi connectivity index (χ0) is 13.8. The van der Waals surface area contributed by atoms with Gasteiger partial charge in [0.25, 0.3) is 10.1 Å². The fraction of sp³-hybridized carbons (Fsp3) is 0.0833. The third kappa shape index (κ3) is 1.74.